The molecule has 0 spiro atoms. The Kier molecular flexibility index (Phi) is 2.89. The van der Waals surface area contributed by atoms with Gasteiger partial charge >= 0.3 is 83.2 Å². The van der Waals surface area contributed by atoms with Crippen LogP contribution in [0.2, 0.25) is 0 Å². The molecule has 0 aliphatic heterocycles. The van der Waals surface area contributed by atoms with E-state index in [1.165, 1.54) is 12.1 Å². The molecule has 4 N–H and O–H groups in total. The Balaban J connectivity index is 3.36. The fourth-order valence-corrected chi connectivity index (χ4v) is 2.82. The monoisotopic (exact) mass is 281 g/mol. The Hall–Kier alpha value is -0.592. The molecular formula is C6H8AsNO5S. The van der Waals surface area contributed by atoms with Gasteiger partial charge in [0.2, 0.25) is 0 Å². The Morgan fingerprint density at radius 3 is 2.29 bits per heavy atom. The normalized spacial score (nSPS) is 12.8. The molecule has 0 saturated heterocycles. The fraction of sp³-hybridized carbons (Fsp3) is 0. The summed E-state index contributed by atoms with van der Waals surface area (Å²) in [5, 5.41) is 4.79. The molecule has 0 aliphatic rings. The van der Waals surface area contributed by atoms with Crippen LogP contribution in [0, 0.1) is 0 Å². The number of nitrogens with two attached hydrogens (primary N) is 1. The van der Waals surface area contributed by atoms with Crippen LogP contribution >= 0.6 is 0 Å². The van der Waals surface area contributed by atoms with Crippen LogP contribution in [0.5, 0.6) is 0 Å². The molecule has 0 bridgehead atoms. The van der Waals surface area contributed by atoms with Gasteiger partial charge in [0, 0.05) is 0 Å². The van der Waals surface area contributed by atoms with Crippen molar-refractivity contribution in [2.75, 3.05) is 0 Å². The molecule has 6 nitrogen and oxygen atoms in total. The molecule has 0 aliphatic carbocycles. The second-order valence-electron chi connectivity index (χ2n) is 2.59. The van der Waals surface area contributed by atoms with E-state index in [4.69, 9.17) is 13.3 Å². The van der Waals surface area contributed by atoms with Crippen LogP contribution in [0.1, 0.15) is 0 Å². The van der Waals surface area contributed by atoms with Crippen molar-refractivity contribution in [3.05, 3.63) is 24.3 Å². The summed E-state index contributed by atoms with van der Waals surface area (Å²) in [6, 6.07) is 4.45. The quantitative estimate of drug-likeness (QED) is 0.536. The van der Waals surface area contributed by atoms with Gasteiger partial charge in [-0.25, -0.2) is 0 Å². The zero-order valence-corrected chi connectivity index (χ0v) is 9.55. The third kappa shape index (κ3) is 2.70. The van der Waals surface area contributed by atoms with E-state index in [1.807, 2.05) is 0 Å². The Bertz CT molecular complexity index is 491. The molecule has 0 aromatic heterocycles. The molecule has 1 aromatic rings. The van der Waals surface area contributed by atoms with E-state index in [2.05, 4.69) is 0 Å². The van der Waals surface area contributed by atoms with Crippen molar-refractivity contribution < 1.29 is 20.3 Å². The molecular weight excluding hydrogens is 273 g/mol. The molecule has 0 radical (unpaired) electrons. The summed E-state index contributed by atoms with van der Waals surface area (Å²) in [6.07, 6.45) is 0. The van der Waals surface area contributed by atoms with Crippen molar-refractivity contribution in [2.24, 2.45) is 5.14 Å². The summed E-state index contributed by atoms with van der Waals surface area (Å²) in [5.41, 5.74) is 0. The van der Waals surface area contributed by atoms with Crippen molar-refractivity contribution in [1.82, 2.24) is 0 Å². The summed E-state index contributed by atoms with van der Waals surface area (Å²) in [5.74, 6) is 0. The zero-order valence-electron chi connectivity index (χ0n) is 6.86. The molecule has 1 rings (SSSR count). The summed E-state index contributed by atoms with van der Waals surface area (Å²) in [6.45, 7) is 0. The predicted octanol–water partition coefficient (Wildman–Crippen LogP) is -2.10. The standard InChI is InChI=1S/C6H8AsNO5S/c8-14(12,13)6-3-1-2-5(4-6)7(9,10)11/h1-4H,(H2,8,12,13)(H2,9,10,11). The first-order valence-electron chi connectivity index (χ1n) is 3.40. The minimum absolute atomic E-state index is 0.306. The molecule has 0 unspecified atom stereocenters. The Morgan fingerprint density at radius 2 is 1.86 bits per heavy atom. The van der Waals surface area contributed by atoms with Crippen LogP contribution in [0.15, 0.2) is 29.2 Å². The van der Waals surface area contributed by atoms with Crippen molar-refractivity contribution in [3.63, 3.8) is 0 Å². The molecule has 0 atom stereocenters. The van der Waals surface area contributed by atoms with Crippen LogP contribution < -0.4 is 9.49 Å². The second-order valence-corrected chi connectivity index (χ2v) is 7.51. The number of hydrogen-bond acceptors (Lipinski definition) is 3. The second kappa shape index (κ2) is 3.52. The van der Waals surface area contributed by atoms with Crippen molar-refractivity contribution in [2.45, 2.75) is 4.90 Å². The molecule has 1 aromatic carbocycles. The first-order chi connectivity index (χ1) is 6.21. The van der Waals surface area contributed by atoms with Crippen molar-refractivity contribution in [1.29, 1.82) is 0 Å². The van der Waals surface area contributed by atoms with Crippen molar-refractivity contribution in [3.8, 4) is 0 Å². The minimum atomic E-state index is -5.04. The Labute approximate surface area is 83.4 Å². The number of rotatable bonds is 2. The van der Waals surface area contributed by atoms with Gasteiger partial charge in [-0.05, 0) is 0 Å². The SMILES string of the molecule is NS(=O)(=O)c1cccc([As](=O)(O)O)c1. The van der Waals surface area contributed by atoms with E-state index in [9.17, 15) is 12.2 Å². The topological polar surface area (TPSA) is 118 Å². The van der Waals surface area contributed by atoms with E-state index in [0.29, 0.717) is 0 Å². The maximum atomic E-state index is 10.8. The van der Waals surface area contributed by atoms with Crippen LogP contribution in [-0.4, -0.2) is 30.8 Å². The van der Waals surface area contributed by atoms with E-state index in [-0.39, 0.29) is 9.25 Å². The van der Waals surface area contributed by atoms with Gasteiger partial charge in [0.25, 0.3) is 0 Å². The molecule has 0 fully saturated rings. The van der Waals surface area contributed by atoms with E-state index in [1.54, 1.807) is 0 Å². The average Bonchev–Trinajstić information content (AvgIpc) is 2.01. The summed E-state index contributed by atoms with van der Waals surface area (Å²) in [4.78, 5) is -0.306. The van der Waals surface area contributed by atoms with Crippen LogP contribution in [0.4, 0.5) is 0 Å². The first-order valence-corrected chi connectivity index (χ1v) is 8.33. The number of hydrogen-bond donors (Lipinski definition) is 3. The molecule has 14 heavy (non-hydrogen) atoms. The molecule has 0 heterocycles. The van der Waals surface area contributed by atoms with Gasteiger partial charge < -0.3 is 0 Å². The number of benzene rings is 1. The summed E-state index contributed by atoms with van der Waals surface area (Å²) >= 11 is -5.04. The van der Waals surface area contributed by atoms with Gasteiger partial charge in [0.15, 0.2) is 0 Å². The average molecular weight is 281 g/mol. The zero-order chi connectivity index (χ0) is 11.0. The summed E-state index contributed by atoms with van der Waals surface area (Å²) < 4.78 is 49.8. The number of primary sulfonamides is 1. The fourth-order valence-electron chi connectivity index (χ4n) is 0.842. The third-order valence-electron chi connectivity index (χ3n) is 1.48. The van der Waals surface area contributed by atoms with E-state index in [0.717, 1.165) is 12.1 Å². The molecule has 0 saturated carbocycles. The van der Waals surface area contributed by atoms with Gasteiger partial charge in [0.1, 0.15) is 0 Å². The van der Waals surface area contributed by atoms with Crippen LogP contribution in [0.25, 0.3) is 0 Å². The first kappa shape index (κ1) is 11.5. The molecule has 0 amide bonds. The van der Waals surface area contributed by atoms with E-state index < -0.39 is 24.2 Å². The van der Waals surface area contributed by atoms with E-state index >= 15 is 0 Å². The van der Waals surface area contributed by atoms with Gasteiger partial charge in [-0.3, -0.25) is 0 Å². The van der Waals surface area contributed by atoms with Gasteiger partial charge in [0.05, 0.1) is 0 Å². The molecule has 78 valence electrons. The van der Waals surface area contributed by atoms with Gasteiger partial charge in [-0.15, -0.1) is 0 Å². The molecule has 8 heteroatoms. The predicted molar refractivity (Wildman–Crippen MR) is 48.3 cm³/mol. The van der Waals surface area contributed by atoms with Gasteiger partial charge in [-0.2, -0.15) is 0 Å². The summed E-state index contributed by atoms with van der Waals surface area (Å²) in [7, 11) is -3.92. The maximum absolute atomic E-state index is 10.8. The Morgan fingerprint density at radius 1 is 1.29 bits per heavy atom. The van der Waals surface area contributed by atoms with Crippen LogP contribution in [0.3, 0.4) is 0 Å². The number of sulfonamides is 1. The van der Waals surface area contributed by atoms with Crippen LogP contribution in [-0.2, 0) is 13.8 Å². The van der Waals surface area contributed by atoms with Crippen molar-refractivity contribution >= 4 is 28.5 Å². The third-order valence-corrected chi connectivity index (χ3v) is 4.39. The van der Waals surface area contributed by atoms with Gasteiger partial charge in [-0.1, -0.05) is 0 Å².